The maximum absolute atomic E-state index is 11.4. The van der Waals surface area contributed by atoms with Gasteiger partial charge >= 0.3 is 5.97 Å². The molecule has 1 N–H and O–H groups in total. The van der Waals surface area contributed by atoms with Crippen LogP contribution in [0.1, 0.15) is 22.0 Å². The van der Waals surface area contributed by atoms with Crippen LogP contribution in [0.5, 0.6) is 11.5 Å². The lowest BCUT2D eigenvalue weighted by atomic mass is 10.3. The van der Waals surface area contributed by atoms with Gasteiger partial charge in [-0.15, -0.1) is 0 Å². The van der Waals surface area contributed by atoms with Crippen LogP contribution in [0, 0.1) is 6.92 Å². The van der Waals surface area contributed by atoms with E-state index in [1.165, 1.54) is 0 Å². The van der Waals surface area contributed by atoms with E-state index >= 15 is 0 Å². The predicted molar refractivity (Wildman–Crippen MR) is 84.2 cm³/mol. The topological polar surface area (TPSA) is 73.1 Å². The van der Waals surface area contributed by atoms with Crippen molar-refractivity contribution >= 4 is 11.5 Å². The van der Waals surface area contributed by atoms with E-state index in [0.717, 1.165) is 5.69 Å². The lowest BCUT2D eigenvalue weighted by Crippen LogP contribution is -2.03. The molecular formula is C17H16N2O4. The van der Waals surface area contributed by atoms with E-state index in [2.05, 4.69) is 4.98 Å². The largest absolute Gasteiger partial charge is 0.497 e. The van der Waals surface area contributed by atoms with Gasteiger partial charge in [-0.2, -0.15) is 0 Å². The zero-order valence-electron chi connectivity index (χ0n) is 12.8. The molecule has 118 valence electrons. The van der Waals surface area contributed by atoms with Gasteiger partial charge in [-0.1, -0.05) is 12.1 Å². The fraction of sp³-hybridized carbons (Fsp3) is 0.176. The summed E-state index contributed by atoms with van der Waals surface area (Å²) in [6, 6.07) is 12.7. The SMILES string of the molecule is COc1cccc(OCc2nc(C(=O)O)c3cccc(C)n23)c1. The Morgan fingerprint density at radius 2 is 1.96 bits per heavy atom. The average Bonchev–Trinajstić information content (AvgIpc) is 2.93. The van der Waals surface area contributed by atoms with E-state index in [1.807, 2.05) is 37.3 Å². The number of aryl methyl sites for hydroxylation is 1. The smallest absolute Gasteiger partial charge is 0.356 e. The number of ether oxygens (including phenoxy) is 2. The molecule has 1 aromatic carbocycles. The first-order valence-corrected chi connectivity index (χ1v) is 7.07. The number of aromatic carboxylic acids is 1. The lowest BCUT2D eigenvalue weighted by Gasteiger charge is -2.08. The van der Waals surface area contributed by atoms with E-state index in [9.17, 15) is 9.90 Å². The number of hydrogen-bond donors (Lipinski definition) is 1. The molecule has 0 fully saturated rings. The number of imidazole rings is 1. The first kappa shape index (κ1) is 14.9. The normalized spacial score (nSPS) is 10.7. The van der Waals surface area contributed by atoms with Gasteiger partial charge in [0.05, 0.1) is 12.6 Å². The molecule has 0 amide bonds. The molecular weight excluding hydrogens is 296 g/mol. The second-order valence-electron chi connectivity index (χ2n) is 5.04. The van der Waals surface area contributed by atoms with Gasteiger partial charge in [-0.3, -0.25) is 4.40 Å². The molecule has 0 atom stereocenters. The summed E-state index contributed by atoms with van der Waals surface area (Å²) in [5.74, 6) is 0.809. The minimum Gasteiger partial charge on any atom is -0.497 e. The van der Waals surface area contributed by atoms with Gasteiger partial charge < -0.3 is 14.6 Å². The number of pyridine rings is 1. The number of aromatic nitrogens is 2. The quantitative estimate of drug-likeness (QED) is 0.784. The summed E-state index contributed by atoms with van der Waals surface area (Å²) < 4.78 is 12.7. The zero-order valence-corrected chi connectivity index (χ0v) is 12.8. The molecule has 0 saturated heterocycles. The number of carboxylic acids is 1. The molecule has 3 rings (SSSR count). The standard InChI is InChI=1S/C17H16N2O4/c1-11-5-3-8-14-16(17(20)21)18-15(19(11)14)10-23-13-7-4-6-12(9-13)22-2/h3-9H,10H2,1-2H3,(H,20,21). The van der Waals surface area contributed by atoms with Crippen LogP contribution < -0.4 is 9.47 Å². The van der Waals surface area contributed by atoms with Crippen molar-refractivity contribution < 1.29 is 19.4 Å². The first-order chi connectivity index (χ1) is 11.1. The van der Waals surface area contributed by atoms with Crippen molar-refractivity contribution in [2.75, 3.05) is 7.11 Å². The minimum atomic E-state index is -1.05. The van der Waals surface area contributed by atoms with E-state index < -0.39 is 5.97 Å². The van der Waals surface area contributed by atoms with Crippen LogP contribution in [0.25, 0.3) is 5.52 Å². The fourth-order valence-corrected chi connectivity index (χ4v) is 2.47. The summed E-state index contributed by atoms with van der Waals surface area (Å²) in [6.45, 7) is 2.06. The van der Waals surface area contributed by atoms with Gasteiger partial charge in [-0.05, 0) is 31.2 Å². The molecule has 0 bridgehead atoms. The lowest BCUT2D eigenvalue weighted by molar-refractivity contribution is 0.0693. The Labute approximate surface area is 132 Å². The highest BCUT2D eigenvalue weighted by Gasteiger charge is 2.17. The van der Waals surface area contributed by atoms with Crippen LogP contribution in [0.2, 0.25) is 0 Å². The Bertz CT molecular complexity index is 870. The highest BCUT2D eigenvalue weighted by Crippen LogP contribution is 2.21. The number of benzene rings is 1. The second kappa shape index (κ2) is 6.00. The maximum Gasteiger partial charge on any atom is 0.356 e. The predicted octanol–water partition coefficient (Wildman–Crippen LogP) is 2.93. The molecule has 2 heterocycles. The minimum absolute atomic E-state index is 0.0259. The number of hydrogen-bond acceptors (Lipinski definition) is 4. The average molecular weight is 312 g/mol. The van der Waals surface area contributed by atoms with E-state index in [-0.39, 0.29) is 12.3 Å². The Balaban J connectivity index is 1.95. The van der Waals surface area contributed by atoms with Gasteiger partial charge in [0.2, 0.25) is 0 Å². The molecule has 6 nitrogen and oxygen atoms in total. The van der Waals surface area contributed by atoms with E-state index in [4.69, 9.17) is 9.47 Å². The third-order valence-corrected chi connectivity index (χ3v) is 3.54. The Morgan fingerprint density at radius 1 is 1.22 bits per heavy atom. The maximum atomic E-state index is 11.4. The number of methoxy groups -OCH3 is 1. The van der Waals surface area contributed by atoms with Crippen LogP contribution in [0.4, 0.5) is 0 Å². The summed E-state index contributed by atoms with van der Waals surface area (Å²) >= 11 is 0. The molecule has 0 aliphatic carbocycles. The summed E-state index contributed by atoms with van der Waals surface area (Å²) in [6.07, 6.45) is 0. The number of carbonyl (C=O) groups is 1. The van der Waals surface area contributed by atoms with Gasteiger partial charge in [0, 0.05) is 11.8 Å². The Hall–Kier alpha value is -3.02. The molecule has 0 unspecified atom stereocenters. The molecule has 0 saturated carbocycles. The van der Waals surface area contributed by atoms with Gasteiger partial charge in [0.15, 0.2) is 11.5 Å². The van der Waals surface area contributed by atoms with E-state index in [0.29, 0.717) is 22.8 Å². The number of nitrogens with zero attached hydrogens (tertiary/aromatic N) is 2. The van der Waals surface area contributed by atoms with Crippen LogP contribution in [0.3, 0.4) is 0 Å². The highest BCUT2D eigenvalue weighted by molar-refractivity contribution is 5.93. The molecule has 2 aromatic heterocycles. The van der Waals surface area contributed by atoms with Crippen LogP contribution in [-0.2, 0) is 6.61 Å². The van der Waals surface area contributed by atoms with Crippen molar-refractivity contribution in [1.29, 1.82) is 0 Å². The monoisotopic (exact) mass is 312 g/mol. The zero-order chi connectivity index (χ0) is 16.4. The van der Waals surface area contributed by atoms with Crippen molar-refractivity contribution in [3.63, 3.8) is 0 Å². The number of fused-ring (bicyclic) bond motifs is 1. The molecule has 0 aliphatic rings. The van der Waals surface area contributed by atoms with Crippen LogP contribution >= 0.6 is 0 Å². The van der Waals surface area contributed by atoms with E-state index in [1.54, 1.807) is 23.6 Å². The second-order valence-corrected chi connectivity index (χ2v) is 5.04. The first-order valence-electron chi connectivity index (χ1n) is 7.07. The van der Waals surface area contributed by atoms with Crippen molar-refractivity contribution in [2.45, 2.75) is 13.5 Å². The molecule has 6 heteroatoms. The molecule has 0 radical (unpaired) electrons. The molecule has 3 aromatic rings. The van der Waals surface area contributed by atoms with Crippen molar-refractivity contribution in [2.24, 2.45) is 0 Å². The van der Waals surface area contributed by atoms with Crippen LogP contribution in [-0.4, -0.2) is 27.6 Å². The Morgan fingerprint density at radius 3 is 2.70 bits per heavy atom. The molecule has 0 spiro atoms. The van der Waals surface area contributed by atoms with Crippen molar-refractivity contribution in [3.8, 4) is 11.5 Å². The van der Waals surface area contributed by atoms with Gasteiger partial charge in [0.25, 0.3) is 0 Å². The number of rotatable bonds is 5. The molecule has 23 heavy (non-hydrogen) atoms. The number of carboxylic acid groups (broad SMARTS) is 1. The fourth-order valence-electron chi connectivity index (χ4n) is 2.47. The summed E-state index contributed by atoms with van der Waals surface area (Å²) in [7, 11) is 1.59. The van der Waals surface area contributed by atoms with Gasteiger partial charge in [-0.25, -0.2) is 9.78 Å². The molecule has 0 aliphatic heterocycles. The third-order valence-electron chi connectivity index (χ3n) is 3.54. The summed E-state index contributed by atoms with van der Waals surface area (Å²) in [4.78, 5) is 15.6. The van der Waals surface area contributed by atoms with Crippen molar-refractivity contribution in [1.82, 2.24) is 9.38 Å². The van der Waals surface area contributed by atoms with Gasteiger partial charge in [0.1, 0.15) is 18.1 Å². The summed E-state index contributed by atoms with van der Waals surface area (Å²) in [5.41, 5.74) is 1.48. The summed E-state index contributed by atoms with van der Waals surface area (Å²) in [5, 5.41) is 9.31. The Kier molecular flexibility index (Phi) is 3.89. The van der Waals surface area contributed by atoms with Crippen molar-refractivity contribution in [3.05, 3.63) is 59.7 Å². The third kappa shape index (κ3) is 2.83. The van der Waals surface area contributed by atoms with Crippen LogP contribution in [0.15, 0.2) is 42.5 Å². The highest BCUT2D eigenvalue weighted by atomic mass is 16.5.